The third-order valence-corrected chi connectivity index (χ3v) is 7.39. The third kappa shape index (κ3) is 5.12. The summed E-state index contributed by atoms with van der Waals surface area (Å²) in [6, 6.07) is 24.5. The molecule has 1 aromatic heterocycles. The monoisotopic (exact) mass is 578 g/mol. The van der Waals surface area contributed by atoms with Crippen LogP contribution < -0.4 is 20.7 Å². The van der Waals surface area contributed by atoms with E-state index in [1.54, 1.807) is 20.3 Å². The number of hydrogen-bond acceptors (Lipinski definition) is 8. The fraction of sp³-hybridized carbons (Fsp3) is 0.290. The van der Waals surface area contributed by atoms with Crippen LogP contribution in [0.2, 0.25) is 0 Å². The highest BCUT2D eigenvalue weighted by Gasteiger charge is 2.48. The van der Waals surface area contributed by atoms with Crippen molar-refractivity contribution >= 4 is 0 Å². The number of aliphatic hydroxyl groups excluding tert-OH is 1. The van der Waals surface area contributed by atoms with Crippen LogP contribution in [-0.2, 0) is 19.8 Å². The predicted octanol–water partition coefficient (Wildman–Crippen LogP) is 2.97. The van der Waals surface area contributed by atoms with E-state index in [2.05, 4.69) is 0 Å². The Morgan fingerprint density at radius 1 is 0.929 bits per heavy atom. The molecule has 1 fully saturated rings. The smallest absolute Gasteiger partial charge is 0.330 e. The number of halogens is 1. The van der Waals surface area contributed by atoms with E-state index < -0.39 is 47.2 Å². The molecule has 0 saturated carbocycles. The summed E-state index contributed by atoms with van der Waals surface area (Å²) in [5.41, 5.74) is -1.21. The molecule has 2 N–H and O–H groups in total. The van der Waals surface area contributed by atoms with E-state index in [0.29, 0.717) is 17.1 Å². The lowest BCUT2D eigenvalue weighted by Gasteiger charge is -2.38. The van der Waals surface area contributed by atoms with Crippen LogP contribution >= 0.6 is 0 Å². The lowest BCUT2D eigenvalue weighted by molar-refractivity contribution is -0.0972. The Morgan fingerprint density at radius 3 is 2.14 bits per heavy atom. The Labute approximate surface area is 240 Å². The topological polar surface area (TPSA) is 121 Å². The van der Waals surface area contributed by atoms with Gasteiger partial charge in [0.2, 0.25) is 5.82 Å². The zero-order valence-electron chi connectivity index (χ0n) is 23.2. The fourth-order valence-corrected chi connectivity index (χ4v) is 5.42. The van der Waals surface area contributed by atoms with E-state index in [9.17, 15) is 19.1 Å². The SMILES string of the molecule is COc1cccc(C(OC[C@H]2O[C@@H](n3cc(F)c(=O)[nH]c3=O)[C@H](OC)[C@@H]2O)(c2ccccc2)c2ccccc2)c1OC. The van der Waals surface area contributed by atoms with E-state index in [4.69, 9.17) is 23.7 Å². The number of rotatable bonds is 10. The van der Waals surface area contributed by atoms with Gasteiger partial charge in [-0.15, -0.1) is 0 Å². The number of benzene rings is 3. The van der Waals surface area contributed by atoms with Crippen molar-refractivity contribution in [1.82, 2.24) is 9.55 Å². The van der Waals surface area contributed by atoms with Gasteiger partial charge in [-0.2, -0.15) is 4.39 Å². The molecule has 0 aliphatic carbocycles. The average Bonchev–Trinajstić information content (AvgIpc) is 3.34. The minimum absolute atomic E-state index is 0.192. The van der Waals surface area contributed by atoms with Crippen LogP contribution in [0, 0.1) is 5.82 Å². The lowest BCUT2D eigenvalue weighted by atomic mass is 9.79. The number of methoxy groups -OCH3 is 3. The summed E-state index contributed by atoms with van der Waals surface area (Å²) in [7, 11) is 4.42. The van der Waals surface area contributed by atoms with Gasteiger partial charge >= 0.3 is 5.69 Å². The second-order valence-electron chi connectivity index (χ2n) is 9.66. The van der Waals surface area contributed by atoms with Gasteiger partial charge in [0.25, 0.3) is 5.56 Å². The first-order valence-electron chi connectivity index (χ1n) is 13.2. The Morgan fingerprint density at radius 2 is 1.57 bits per heavy atom. The number of aromatic nitrogens is 2. The number of ether oxygens (including phenoxy) is 5. The summed E-state index contributed by atoms with van der Waals surface area (Å²) in [4.78, 5) is 26.0. The molecule has 42 heavy (non-hydrogen) atoms. The number of nitrogens with zero attached hydrogens (tertiary/aromatic N) is 1. The molecule has 2 heterocycles. The number of H-pyrrole nitrogens is 1. The molecule has 11 heteroatoms. The molecule has 1 aliphatic rings. The molecule has 0 spiro atoms. The molecule has 220 valence electrons. The van der Waals surface area contributed by atoms with Gasteiger partial charge < -0.3 is 28.8 Å². The van der Waals surface area contributed by atoms with Crippen LogP contribution in [0.5, 0.6) is 11.5 Å². The van der Waals surface area contributed by atoms with Gasteiger partial charge in [-0.25, -0.2) is 4.79 Å². The minimum atomic E-state index is -1.28. The van der Waals surface area contributed by atoms with Gasteiger partial charge in [-0.05, 0) is 17.2 Å². The number of nitrogens with one attached hydrogen (secondary N) is 1. The van der Waals surface area contributed by atoms with Gasteiger partial charge in [0.1, 0.15) is 23.9 Å². The Kier molecular flexibility index (Phi) is 8.55. The molecule has 3 aromatic carbocycles. The molecule has 5 rings (SSSR count). The van der Waals surface area contributed by atoms with Crippen molar-refractivity contribution in [1.29, 1.82) is 0 Å². The van der Waals surface area contributed by atoms with Gasteiger partial charge in [0.05, 0.1) is 27.0 Å². The normalized spacial score (nSPS) is 20.4. The molecule has 1 saturated heterocycles. The summed E-state index contributed by atoms with van der Waals surface area (Å²) in [5.74, 6) is -0.242. The highest BCUT2D eigenvalue weighted by atomic mass is 19.1. The van der Waals surface area contributed by atoms with Crippen LogP contribution in [0.1, 0.15) is 22.9 Å². The zero-order chi connectivity index (χ0) is 29.9. The van der Waals surface area contributed by atoms with Crippen molar-refractivity contribution in [3.05, 3.63) is 128 Å². The van der Waals surface area contributed by atoms with Gasteiger partial charge in [0.15, 0.2) is 17.7 Å². The van der Waals surface area contributed by atoms with Crippen molar-refractivity contribution in [3.63, 3.8) is 0 Å². The van der Waals surface area contributed by atoms with Crippen LogP contribution in [-0.4, -0.2) is 60.9 Å². The van der Waals surface area contributed by atoms with Crippen molar-refractivity contribution in [3.8, 4) is 11.5 Å². The molecule has 0 amide bonds. The Hall–Kier alpha value is -4.29. The van der Waals surface area contributed by atoms with Gasteiger partial charge in [0, 0.05) is 12.7 Å². The van der Waals surface area contributed by atoms with Gasteiger partial charge in [-0.1, -0.05) is 72.8 Å². The number of aromatic amines is 1. The maximum absolute atomic E-state index is 14.1. The van der Waals surface area contributed by atoms with Crippen molar-refractivity contribution in [2.24, 2.45) is 0 Å². The van der Waals surface area contributed by atoms with E-state index >= 15 is 0 Å². The van der Waals surface area contributed by atoms with E-state index in [-0.39, 0.29) is 6.61 Å². The fourth-order valence-electron chi connectivity index (χ4n) is 5.42. The first kappa shape index (κ1) is 29.2. The standard InChI is InChI=1S/C31H31FN2O8/c1-38-23-16-10-15-21(26(23)39-2)31(19-11-6-4-7-12-19,20-13-8-5-9-14-20)41-18-24-25(35)27(40-3)29(42-24)34-17-22(32)28(36)33-30(34)37/h4-17,24-25,27,29,35H,18H2,1-3H3,(H,33,36,37)/t24-,25-,27-,29-/m1/s1. The Bertz CT molecular complexity index is 1590. The van der Waals surface area contributed by atoms with Crippen molar-refractivity contribution < 1.29 is 33.2 Å². The molecule has 0 unspecified atom stereocenters. The van der Waals surface area contributed by atoms with Crippen LogP contribution in [0.15, 0.2) is 94.6 Å². The van der Waals surface area contributed by atoms with Crippen LogP contribution in [0.4, 0.5) is 4.39 Å². The lowest BCUT2D eigenvalue weighted by Crippen LogP contribution is -2.41. The number of hydrogen-bond donors (Lipinski definition) is 2. The summed E-state index contributed by atoms with van der Waals surface area (Å²) < 4.78 is 44.8. The van der Waals surface area contributed by atoms with E-state index in [1.807, 2.05) is 77.8 Å². The second kappa shape index (κ2) is 12.3. The van der Waals surface area contributed by atoms with E-state index in [1.165, 1.54) is 7.11 Å². The minimum Gasteiger partial charge on any atom is -0.493 e. The first-order chi connectivity index (χ1) is 20.3. The maximum Gasteiger partial charge on any atom is 0.330 e. The second-order valence-corrected chi connectivity index (χ2v) is 9.66. The Balaban J connectivity index is 1.61. The molecule has 1 aliphatic heterocycles. The molecule has 0 radical (unpaired) electrons. The predicted molar refractivity (Wildman–Crippen MR) is 150 cm³/mol. The maximum atomic E-state index is 14.1. The largest absolute Gasteiger partial charge is 0.493 e. The average molecular weight is 579 g/mol. The summed E-state index contributed by atoms with van der Waals surface area (Å²) in [6.07, 6.45) is -3.89. The van der Waals surface area contributed by atoms with Crippen LogP contribution in [0.25, 0.3) is 0 Å². The van der Waals surface area contributed by atoms with E-state index in [0.717, 1.165) is 21.9 Å². The summed E-state index contributed by atoms with van der Waals surface area (Å²) >= 11 is 0. The first-order valence-corrected chi connectivity index (χ1v) is 13.2. The molecular weight excluding hydrogens is 547 g/mol. The molecular formula is C31H31FN2O8. The summed E-state index contributed by atoms with van der Waals surface area (Å²) in [5, 5.41) is 11.2. The highest BCUT2D eigenvalue weighted by Crippen LogP contribution is 2.48. The molecule has 10 nitrogen and oxygen atoms in total. The highest BCUT2D eigenvalue weighted by molar-refractivity contribution is 5.57. The zero-order valence-corrected chi connectivity index (χ0v) is 23.2. The number of aliphatic hydroxyl groups is 1. The third-order valence-electron chi connectivity index (χ3n) is 7.39. The summed E-state index contributed by atoms with van der Waals surface area (Å²) in [6.45, 7) is -0.192. The van der Waals surface area contributed by atoms with Crippen molar-refractivity contribution in [2.45, 2.75) is 30.1 Å². The van der Waals surface area contributed by atoms with Crippen LogP contribution in [0.3, 0.4) is 0 Å². The quantitative estimate of drug-likeness (QED) is 0.276. The molecule has 4 atom stereocenters. The van der Waals surface area contributed by atoms with Gasteiger partial charge in [-0.3, -0.25) is 14.3 Å². The molecule has 4 aromatic rings. The number of para-hydroxylation sites is 1. The van der Waals surface area contributed by atoms with Crippen molar-refractivity contribution in [2.75, 3.05) is 27.9 Å². The molecule has 0 bridgehead atoms.